The quantitative estimate of drug-likeness (QED) is 0.269. The molecule has 0 N–H and O–H groups in total. The van der Waals surface area contributed by atoms with Crippen LogP contribution in [-0.2, 0) is 14.7 Å². The van der Waals surface area contributed by atoms with E-state index in [1.807, 2.05) is 0 Å². The van der Waals surface area contributed by atoms with Gasteiger partial charge in [0.2, 0.25) is 0 Å². The molecule has 0 bridgehead atoms. The predicted molar refractivity (Wildman–Crippen MR) is 98.6 cm³/mol. The SMILES string of the molecule is CCCCCCCCCCCCCCCCCCCS([O])(=O)=O. The van der Waals surface area contributed by atoms with E-state index in [-0.39, 0.29) is 5.75 Å². The number of hydrogen-bond donors (Lipinski definition) is 0. The van der Waals surface area contributed by atoms with E-state index in [1.165, 1.54) is 89.9 Å². The van der Waals surface area contributed by atoms with Gasteiger partial charge in [-0.2, -0.15) is 8.42 Å². The Bertz CT molecular complexity index is 326. The highest BCUT2D eigenvalue weighted by Gasteiger charge is 2.05. The van der Waals surface area contributed by atoms with Crippen LogP contribution in [0.5, 0.6) is 0 Å². The molecule has 0 unspecified atom stereocenters. The smallest absolute Gasteiger partial charge is 0.197 e. The monoisotopic (exact) mass is 347 g/mol. The molecular weight excluding hydrogens is 308 g/mol. The molecule has 0 spiro atoms. The highest BCUT2D eigenvalue weighted by atomic mass is 32.2. The molecule has 0 amide bonds. The van der Waals surface area contributed by atoms with Crippen molar-refractivity contribution in [2.24, 2.45) is 0 Å². The van der Waals surface area contributed by atoms with Crippen molar-refractivity contribution in [3.8, 4) is 0 Å². The van der Waals surface area contributed by atoms with Crippen molar-refractivity contribution in [1.29, 1.82) is 0 Å². The minimum absolute atomic E-state index is 0.189. The Morgan fingerprint density at radius 2 is 0.739 bits per heavy atom. The summed E-state index contributed by atoms with van der Waals surface area (Å²) in [5, 5.41) is 0. The van der Waals surface area contributed by atoms with Crippen molar-refractivity contribution in [2.45, 2.75) is 116 Å². The fourth-order valence-corrected chi connectivity index (χ4v) is 3.56. The fourth-order valence-electron chi connectivity index (χ4n) is 3.00. The molecule has 0 aliphatic rings. The summed E-state index contributed by atoms with van der Waals surface area (Å²) >= 11 is 0. The Balaban J connectivity index is 3.03. The van der Waals surface area contributed by atoms with E-state index in [2.05, 4.69) is 6.92 Å². The number of hydrogen-bond acceptors (Lipinski definition) is 2. The van der Waals surface area contributed by atoms with Crippen molar-refractivity contribution in [3.63, 3.8) is 0 Å². The Morgan fingerprint density at radius 3 is 1.00 bits per heavy atom. The van der Waals surface area contributed by atoms with Crippen LogP contribution in [0.2, 0.25) is 0 Å². The molecule has 4 heteroatoms. The van der Waals surface area contributed by atoms with Crippen LogP contribution in [0.25, 0.3) is 0 Å². The zero-order chi connectivity index (χ0) is 17.2. The van der Waals surface area contributed by atoms with E-state index >= 15 is 0 Å². The highest BCUT2D eigenvalue weighted by molar-refractivity contribution is 7.85. The second kappa shape index (κ2) is 16.8. The van der Waals surface area contributed by atoms with Gasteiger partial charge < -0.3 is 0 Å². The fraction of sp³-hybridized carbons (Fsp3) is 1.00. The first-order valence-electron chi connectivity index (χ1n) is 10.00. The second-order valence-corrected chi connectivity index (χ2v) is 8.44. The topological polar surface area (TPSA) is 54.0 Å². The molecule has 23 heavy (non-hydrogen) atoms. The Morgan fingerprint density at radius 1 is 0.478 bits per heavy atom. The lowest BCUT2D eigenvalue weighted by Crippen LogP contribution is -2.01. The van der Waals surface area contributed by atoms with Crippen LogP contribution in [0.4, 0.5) is 0 Å². The maximum Gasteiger partial charge on any atom is 0.294 e. The van der Waals surface area contributed by atoms with Crippen LogP contribution in [0.15, 0.2) is 0 Å². The van der Waals surface area contributed by atoms with E-state index in [4.69, 9.17) is 0 Å². The van der Waals surface area contributed by atoms with E-state index < -0.39 is 10.1 Å². The van der Waals surface area contributed by atoms with Crippen molar-refractivity contribution >= 4 is 10.1 Å². The zero-order valence-corrected chi connectivity index (χ0v) is 16.2. The minimum Gasteiger partial charge on any atom is -0.197 e. The largest absolute Gasteiger partial charge is 0.294 e. The lowest BCUT2D eigenvalue weighted by molar-refractivity contribution is 0.412. The van der Waals surface area contributed by atoms with Gasteiger partial charge in [-0.15, -0.1) is 0 Å². The van der Waals surface area contributed by atoms with Gasteiger partial charge in [0.05, 0.1) is 5.75 Å². The molecule has 0 aromatic carbocycles. The average molecular weight is 348 g/mol. The lowest BCUT2D eigenvalue weighted by Gasteiger charge is -2.03. The van der Waals surface area contributed by atoms with Crippen LogP contribution in [0.1, 0.15) is 116 Å². The third-order valence-electron chi connectivity index (χ3n) is 4.50. The summed E-state index contributed by atoms with van der Waals surface area (Å²) < 4.78 is 31.3. The molecule has 0 aromatic rings. The molecule has 1 radical (unpaired) electrons. The summed E-state index contributed by atoms with van der Waals surface area (Å²) in [5.74, 6) is -0.189. The van der Waals surface area contributed by atoms with Crippen LogP contribution < -0.4 is 0 Å². The van der Waals surface area contributed by atoms with Gasteiger partial charge in [0.25, 0.3) is 10.1 Å². The summed E-state index contributed by atoms with van der Waals surface area (Å²) in [4.78, 5) is 0. The second-order valence-electron chi connectivity index (χ2n) is 6.92. The van der Waals surface area contributed by atoms with Crippen LogP contribution >= 0.6 is 0 Å². The van der Waals surface area contributed by atoms with Gasteiger partial charge in [-0.3, -0.25) is 0 Å². The van der Waals surface area contributed by atoms with E-state index in [0.29, 0.717) is 6.42 Å². The number of rotatable bonds is 18. The first-order chi connectivity index (χ1) is 11.1. The summed E-state index contributed by atoms with van der Waals surface area (Å²) in [6.07, 6.45) is 21.5. The summed E-state index contributed by atoms with van der Waals surface area (Å²) in [6.45, 7) is 2.27. The van der Waals surface area contributed by atoms with Crippen molar-refractivity contribution < 1.29 is 13.0 Å². The summed E-state index contributed by atoms with van der Waals surface area (Å²) in [5.41, 5.74) is 0. The maximum absolute atomic E-state index is 10.4. The van der Waals surface area contributed by atoms with Gasteiger partial charge in [-0.1, -0.05) is 114 Å². The molecule has 0 aliphatic heterocycles. The first-order valence-corrected chi connectivity index (χ1v) is 11.6. The third kappa shape index (κ3) is 21.9. The molecular formula is C19H39O3S. The predicted octanol–water partition coefficient (Wildman–Crippen LogP) is 6.40. The van der Waals surface area contributed by atoms with Crippen LogP contribution in [0.3, 0.4) is 0 Å². The molecule has 0 aliphatic carbocycles. The normalized spacial score (nSPS) is 11.9. The maximum atomic E-state index is 10.4. The van der Waals surface area contributed by atoms with Crippen molar-refractivity contribution in [3.05, 3.63) is 0 Å². The van der Waals surface area contributed by atoms with Crippen LogP contribution in [-0.4, -0.2) is 14.2 Å². The van der Waals surface area contributed by atoms with E-state index in [0.717, 1.165) is 12.8 Å². The highest BCUT2D eigenvalue weighted by Crippen LogP contribution is 2.14. The van der Waals surface area contributed by atoms with E-state index in [9.17, 15) is 13.0 Å². The third-order valence-corrected chi connectivity index (χ3v) is 5.29. The Kier molecular flexibility index (Phi) is 16.7. The van der Waals surface area contributed by atoms with Gasteiger partial charge >= 0.3 is 0 Å². The van der Waals surface area contributed by atoms with Gasteiger partial charge in [0.15, 0.2) is 0 Å². The zero-order valence-electron chi connectivity index (χ0n) is 15.4. The summed E-state index contributed by atoms with van der Waals surface area (Å²) in [6, 6.07) is 0. The van der Waals surface area contributed by atoms with Gasteiger partial charge in [0.1, 0.15) is 0 Å². The van der Waals surface area contributed by atoms with Gasteiger partial charge in [0, 0.05) is 0 Å². The summed E-state index contributed by atoms with van der Waals surface area (Å²) in [7, 11) is -3.99. The van der Waals surface area contributed by atoms with Crippen molar-refractivity contribution in [2.75, 3.05) is 5.75 Å². The molecule has 0 saturated heterocycles. The molecule has 139 valence electrons. The average Bonchev–Trinajstić information content (AvgIpc) is 2.49. The molecule has 0 saturated carbocycles. The standard InChI is InChI=1S/C19H39O3S/c1-2-3-4-5-6-7-8-9-10-11-12-13-14-15-16-17-18-19-23(20,21)22/h2-19H2,1H3. The van der Waals surface area contributed by atoms with Crippen molar-refractivity contribution in [1.82, 2.24) is 0 Å². The Hall–Kier alpha value is -0.0900. The first kappa shape index (κ1) is 22.9. The number of unbranched alkanes of at least 4 members (excludes halogenated alkanes) is 16. The molecule has 0 atom stereocenters. The molecule has 3 nitrogen and oxygen atoms in total. The molecule has 0 rings (SSSR count). The Labute approximate surface area is 145 Å². The molecule has 0 heterocycles. The molecule has 0 fully saturated rings. The van der Waals surface area contributed by atoms with Gasteiger partial charge in [-0.05, 0) is 6.42 Å². The minimum atomic E-state index is -3.99. The van der Waals surface area contributed by atoms with Crippen LogP contribution in [0, 0.1) is 0 Å². The van der Waals surface area contributed by atoms with Gasteiger partial charge in [-0.25, -0.2) is 0 Å². The van der Waals surface area contributed by atoms with E-state index in [1.54, 1.807) is 0 Å². The molecule has 0 aromatic heterocycles. The lowest BCUT2D eigenvalue weighted by atomic mass is 10.0.